The van der Waals surface area contributed by atoms with Gasteiger partial charge in [0, 0.05) is 28.9 Å². The highest BCUT2D eigenvalue weighted by Gasteiger charge is 2.39. The first-order chi connectivity index (χ1) is 16.5. The molecule has 2 atom stereocenters. The lowest BCUT2D eigenvalue weighted by Gasteiger charge is -2.29. The van der Waals surface area contributed by atoms with E-state index in [1.165, 1.54) is 37.8 Å². The third kappa shape index (κ3) is 2.98. The summed E-state index contributed by atoms with van der Waals surface area (Å²) in [5, 5.41) is 11.8. The fourth-order valence-corrected chi connectivity index (χ4v) is 5.61. The standard InChI is InChI=1S/C27H21F2N3O2/c1-3-18-22(28)9-5-15-11-17(33)12-21(23(15)18)19-7-8-20-25(24(19)29)30-27(34-2)31-26(20)32-13-14-4-6-16(32)10-14/h1,5,7-9,11-12,14,16,33H,4,6,10,13H2,2H3. The van der Waals surface area contributed by atoms with E-state index in [4.69, 9.17) is 11.2 Å². The van der Waals surface area contributed by atoms with Gasteiger partial charge in [-0.2, -0.15) is 9.97 Å². The van der Waals surface area contributed by atoms with Crippen LogP contribution in [0.5, 0.6) is 11.8 Å². The fourth-order valence-electron chi connectivity index (χ4n) is 5.61. The minimum Gasteiger partial charge on any atom is -0.508 e. The summed E-state index contributed by atoms with van der Waals surface area (Å²) < 4.78 is 36.0. The molecule has 0 spiro atoms. The van der Waals surface area contributed by atoms with Crippen LogP contribution in [0.1, 0.15) is 24.8 Å². The summed E-state index contributed by atoms with van der Waals surface area (Å²) in [5.74, 6) is 2.39. The van der Waals surface area contributed by atoms with Gasteiger partial charge in [0.1, 0.15) is 22.9 Å². The Morgan fingerprint density at radius 1 is 1.12 bits per heavy atom. The summed E-state index contributed by atoms with van der Waals surface area (Å²) in [7, 11) is 1.45. The summed E-state index contributed by atoms with van der Waals surface area (Å²) in [4.78, 5) is 11.1. The number of hydrogen-bond donors (Lipinski definition) is 1. The predicted octanol–water partition coefficient (Wildman–Crippen LogP) is 5.41. The number of phenols is 1. The number of halogens is 2. The van der Waals surface area contributed by atoms with Gasteiger partial charge in [0.15, 0.2) is 5.82 Å². The third-order valence-electron chi connectivity index (χ3n) is 7.12. The molecule has 2 fully saturated rings. The smallest absolute Gasteiger partial charge is 0.318 e. The molecule has 1 aliphatic heterocycles. The molecule has 1 aromatic heterocycles. The molecule has 2 unspecified atom stereocenters. The monoisotopic (exact) mass is 457 g/mol. The van der Waals surface area contributed by atoms with E-state index in [9.17, 15) is 9.50 Å². The van der Waals surface area contributed by atoms with E-state index in [-0.39, 0.29) is 28.4 Å². The van der Waals surface area contributed by atoms with Crippen molar-refractivity contribution in [3.8, 4) is 35.2 Å². The van der Waals surface area contributed by atoms with Crippen LogP contribution in [-0.2, 0) is 0 Å². The molecule has 6 rings (SSSR count). The van der Waals surface area contributed by atoms with E-state index < -0.39 is 11.6 Å². The Hall–Kier alpha value is -3.92. The lowest BCUT2D eigenvalue weighted by Crippen LogP contribution is -2.32. The first-order valence-electron chi connectivity index (χ1n) is 11.2. The minimum absolute atomic E-state index is 0.0149. The number of anilines is 1. The highest BCUT2D eigenvalue weighted by atomic mass is 19.1. The largest absolute Gasteiger partial charge is 0.508 e. The van der Waals surface area contributed by atoms with Crippen molar-refractivity contribution < 1.29 is 18.6 Å². The van der Waals surface area contributed by atoms with Gasteiger partial charge < -0.3 is 14.7 Å². The SMILES string of the molecule is C#Cc1c(F)ccc2cc(O)cc(-c3ccc4c(N5CC6CCC5C6)nc(OC)nc4c3F)c12. The Balaban J connectivity index is 1.62. The summed E-state index contributed by atoms with van der Waals surface area (Å²) in [5.41, 5.74) is 0.574. The quantitative estimate of drug-likeness (QED) is 0.417. The number of aromatic nitrogens is 2. The number of rotatable bonds is 3. The van der Waals surface area contributed by atoms with E-state index >= 15 is 4.39 Å². The van der Waals surface area contributed by atoms with Crippen LogP contribution >= 0.6 is 0 Å². The van der Waals surface area contributed by atoms with Gasteiger partial charge in [-0.3, -0.25) is 0 Å². The van der Waals surface area contributed by atoms with Crippen LogP contribution in [0.15, 0.2) is 36.4 Å². The summed E-state index contributed by atoms with van der Waals surface area (Å²) in [6.45, 7) is 0.880. The second-order valence-electron chi connectivity index (χ2n) is 9.00. The lowest BCUT2D eigenvalue weighted by atomic mass is 9.93. The van der Waals surface area contributed by atoms with Crippen LogP contribution in [0.2, 0.25) is 0 Å². The normalized spacial score (nSPS) is 19.2. The first-order valence-corrected chi connectivity index (χ1v) is 11.2. The second kappa shape index (κ2) is 7.56. The average Bonchev–Trinajstić information content (AvgIpc) is 3.47. The van der Waals surface area contributed by atoms with Crippen molar-refractivity contribution in [2.75, 3.05) is 18.6 Å². The fraction of sp³-hybridized carbons (Fsp3) is 0.259. The van der Waals surface area contributed by atoms with Crippen LogP contribution in [0, 0.1) is 29.9 Å². The average molecular weight is 457 g/mol. The topological polar surface area (TPSA) is 58.5 Å². The zero-order chi connectivity index (χ0) is 23.6. The molecule has 2 bridgehead atoms. The molecule has 1 N–H and O–H groups in total. The van der Waals surface area contributed by atoms with E-state index in [1.807, 2.05) is 0 Å². The van der Waals surface area contributed by atoms with Gasteiger partial charge in [0.25, 0.3) is 0 Å². The van der Waals surface area contributed by atoms with Crippen molar-refractivity contribution in [3.05, 3.63) is 53.6 Å². The van der Waals surface area contributed by atoms with E-state index in [1.54, 1.807) is 12.1 Å². The van der Waals surface area contributed by atoms with Gasteiger partial charge in [-0.1, -0.05) is 18.1 Å². The number of hydrogen-bond acceptors (Lipinski definition) is 5. The number of methoxy groups -OCH3 is 1. The van der Waals surface area contributed by atoms with E-state index in [2.05, 4.69) is 20.8 Å². The molecular weight excluding hydrogens is 436 g/mol. The van der Waals surface area contributed by atoms with Gasteiger partial charge in [0.05, 0.1) is 12.7 Å². The molecule has 1 saturated carbocycles. The number of benzene rings is 3. The zero-order valence-corrected chi connectivity index (χ0v) is 18.5. The Bertz CT molecular complexity index is 1530. The molecule has 2 aliphatic rings. The van der Waals surface area contributed by atoms with Crippen LogP contribution in [0.25, 0.3) is 32.8 Å². The van der Waals surface area contributed by atoms with E-state index in [0.29, 0.717) is 39.5 Å². The number of nitrogens with zero attached hydrogens (tertiary/aromatic N) is 3. The van der Waals surface area contributed by atoms with Gasteiger partial charge >= 0.3 is 6.01 Å². The number of fused-ring (bicyclic) bond motifs is 4. The maximum Gasteiger partial charge on any atom is 0.318 e. The second-order valence-corrected chi connectivity index (χ2v) is 9.00. The molecule has 5 nitrogen and oxygen atoms in total. The van der Waals surface area contributed by atoms with Crippen molar-refractivity contribution in [3.63, 3.8) is 0 Å². The van der Waals surface area contributed by atoms with Crippen molar-refractivity contribution in [2.45, 2.75) is 25.3 Å². The maximum atomic E-state index is 16.1. The molecule has 1 saturated heterocycles. The number of phenolic OH excluding ortho intramolecular Hbond substituents is 1. The molecule has 2 heterocycles. The minimum atomic E-state index is -0.608. The molecule has 34 heavy (non-hydrogen) atoms. The zero-order valence-electron chi connectivity index (χ0n) is 18.5. The summed E-state index contributed by atoms with van der Waals surface area (Å²) >= 11 is 0. The summed E-state index contributed by atoms with van der Waals surface area (Å²) in [6.07, 6.45) is 9.01. The van der Waals surface area contributed by atoms with Crippen molar-refractivity contribution >= 4 is 27.5 Å². The van der Waals surface area contributed by atoms with Crippen LogP contribution in [-0.4, -0.2) is 34.8 Å². The number of piperidine rings is 1. The van der Waals surface area contributed by atoms with E-state index in [0.717, 1.165) is 19.4 Å². The lowest BCUT2D eigenvalue weighted by molar-refractivity contribution is 0.380. The van der Waals surface area contributed by atoms with Crippen LogP contribution < -0.4 is 9.64 Å². The van der Waals surface area contributed by atoms with Gasteiger partial charge in [0.2, 0.25) is 0 Å². The molecule has 170 valence electrons. The maximum absolute atomic E-state index is 16.1. The highest BCUT2D eigenvalue weighted by molar-refractivity contribution is 6.04. The number of aromatic hydroxyl groups is 1. The van der Waals surface area contributed by atoms with Gasteiger partial charge in [-0.25, -0.2) is 8.78 Å². The van der Waals surface area contributed by atoms with Crippen molar-refractivity contribution in [1.82, 2.24) is 9.97 Å². The molecular formula is C27H21F2N3O2. The number of ether oxygens (including phenoxy) is 1. The molecule has 0 radical (unpaired) electrons. The first kappa shape index (κ1) is 20.7. The molecule has 4 aromatic rings. The van der Waals surface area contributed by atoms with Crippen LogP contribution in [0.3, 0.4) is 0 Å². The summed E-state index contributed by atoms with van der Waals surface area (Å²) in [6, 6.07) is 9.48. The Morgan fingerprint density at radius 3 is 2.68 bits per heavy atom. The predicted molar refractivity (Wildman–Crippen MR) is 127 cm³/mol. The van der Waals surface area contributed by atoms with Gasteiger partial charge in [-0.15, -0.1) is 6.42 Å². The molecule has 7 heteroatoms. The highest BCUT2D eigenvalue weighted by Crippen LogP contribution is 2.44. The molecule has 3 aromatic carbocycles. The Kier molecular flexibility index (Phi) is 4.59. The van der Waals surface area contributed by atoms with Crippen molar-refractivity contribution in [2.24, 2.45) is 5.92 Å². The van der Waals surface area contributed by atoms with Crippen molar-refractivity contribution in [1.29, 1.82) is 0 Å². The van der Waals surface area contributed by atoms with Crippen LogP contribution in [0.4, 0.5) is 14.6 Å². The number of terminal acetylenes is 1. The molecule has 1 aliphatic carbocycles. The Morgan fingerprint density at radius 2 is 1.97 bits per heavy atom. The van der Waals surface area contributed by atoms with Gasteiger partial charge in [-0.05, 0) is 60.4 Å². The third-order valence-corrected chi connectivity index (χ3v) is 7.12. The Labute approximate surface area is 195 Å². The molecule has 0 amide bonds.